The van der Waals surface area contributed by atoms with Crippen molar-refractivity contribution >= 4 is 5.97 Å². The molecular weight excluding hydrogens is 164 g/mol. The van der Waals surface area contributed by atoms with Crippen molar-refractivity contribution < 1.29 is 9.53 Å². The lowest BCUT2D eigenvalue weighted by Crippen LogP contribution is -2.32. The lowest BCUT2D eigenvalue weighted by atomic mass is 9.89. The van der Waals surface area contributed by atoms with Gasteiger partial charge in [0.2, 0.25) is 0 Å². The van der Waals surface area contributed by atoms with Crippen molar-refractivity contribution in [2.24, 2.45) is 11.8 Å². The molecule has 0 bridgehead atoms. The molecular formula is C11H16O2. The summed E-state index contributed by atoms with van der Waals surface area (Å²) in [6.45, 7) is 7.82. The summed E-state index contributed by atoms with van der Waals surface area (Å²) in [5.41, 5.74) is 0. The molecule has 0 fully saturated rings. The van der Waals surface area contributed by atoms with Gasteiger partial charge in [-0.25, -0.2) is 4.79 Å². The number of hydrogen-bond donors (Lipinski definition) is 0. The van der Waals surface area contributed by atoms with Crippen molar-refractivity contribution in [3.05, 3.63) is 24.8 Å². The van der Waals surface area contributed by atoms with Crippen LogP contribution in [0.25, 0.3) is 0 Å². The number of allylic oxidation sites excluding steroid dienone is 1. The molecule has 2 heteroatoms. The highest BCUT2D eigenvalue weighted by atomic mass is 16.5. The topological polar surface area (TPSA) is 26.3 Å². The number of carbonyl (C=O) groups is 1. The highest BCUT2D eigenvalue weighted by molar-refractivity contribution is 5.82. The standard InChI is InChI=1S/C11H16O2/c1-4-5-8(2)11-9(3)6-7-10(12)13-11/h4,6-9,11H,1,5H2,2-3H3/t8-,9+,11-/m0/s1. The van der Waals surface area contributed by atoms with Gasteiger partial charge in [0.1, 0.15) is 6.10 Å². The molecule has 0 radical (unpaired) electrons. The molecule has 0 aromatic rings. The molecule has 13 heavy (non-hydrogen) atoms. The van der Waals surface area contributed by atoms with Crippen LogP contribution >= 0.6 is 0 Å². The monoisotopic (exact) mass is 180 g/mol. The first-order chi connectivity index (χ1) is 6.15. The summed E-state index contributed by atoms with van der Waals surface area (Å²) >= 11 is 0. The van der Waals surface area contributed by atoms with Gasteiger partial charge in [0.15, 0.2) is 0 Å². The van der Waals surface area contributed by atoms with E-state index < -0.39 is 0 Å². The van der Waals surface area contributed by atoms with E-state index in [-0.39, 0.29) is 12.1 Å². The average molecular weight is 180 g/mol. The SMILES string of the molecule is C=CC[C@H](C)[C@@H]1OC(=O)C=C[C@H]1C. The molecule has 0 spiro atoms. The van der Waals surface area contributed by atoms with Gasteiger partial charge in [-0.3, -0.25) is 0 Å². The molecule has 0 aliphatic carbocycles. The second-order valence-corrected chi connectivity index (χ2v) is 3.62. The van der Waals surface area contributed by atoms with Crippen molar-refractivity contribution in [3.63, 3.8) is 0 Å². The molecule has 1 aliphatic rings. The fourth-order valence-corrected chi connectivity index (χ4v) is 1.65. The largest absolute Gasteiger partial charge is 0.458 e. The second-order valence-electron chi connectivity index (χ2n) is 3.62. The summed E-state index contributed by atoms with van der Waals surface area (Å²) in [4.78, 5) is 11.0. The average Bonchev–Trinajstić information content (AvgIpc) is 2.09. The summed E-state index contributed by atoms with van der Waals surface area (Å²) in [5.74, 6) is 0.438. The molecule has 0 amide bonds. The summed E-state index contributed by atoms with van der Waals surface area (Å²) in [5, 5.41) is 0. The van der Waals surface area contributed by atoms with Gasteiger partial charge in [0.25, 0.3) is 0 Å². The number of carbonyl (C=O) groups excluding carboxylic acids is 1. The van der Waals surface area contributed by atoms with Crippen molar-refractivity contribution in [1.29, 1.82) is 0 Å². The minimum absolute atomic E-state index is 0.00972. The molecule has 1 rings (SSSR count). The summed E-state index contributed by atoms with van der Waals surface area (Å²) in [7, 11) is 0. The van der Waals surface area contributed by atoms with E-state index in [1.165, 1.54) is 6.08 Å². The first kappa shape index (κ1) is 10.0. The van der Waals surface area contributed by atoms with Crippen LogP contribution in [0, 0.1) is 11.8 Å². The molecule has 0 aromatic heterocycles. The van der Waals surface area contributed by atoms with E-state index in [1.807, 2.05) is 12.2 Å². The molecule has 3 atom stereocenters. The highest BCUT2D eigenvalue weighted by Crippen LogP contribution is 2.24. The van der Waals surface area contributed by atoms with Crippen molar-refractivity contribution in [2.75, 3.05) is 0 Å². The predicted octanol–water partition coefficient (Wildman–Crippen LogP) is 2.32. The zero-order valence-corrected chi connectivity index (χ0v) is 8.19. The number of ether oxygens (including phenoxy) is 1. The van der Waals surface area contributed by atoms with Gasteiger partial charge in [-0.05, 0) is 12.3 Å². The van der Waals surface area contributed by atoms with Crippen LogP contribution < -0.4 is 0 Å². The minimum Gasteiger partial charge on any atom is -0.458 e. The van der Waals surface area contributed by atoms with Crippen LogP contribution in [0.1, 0.15) is 20.3 Å². The van der Waals surface area contributed by atoms with Gasteiger partial charge < -0.3 is 4.74 Å². The Morgan fingerprint density at radius 2 is 2.46 bits per heavy atom. The van der Waals surface area contributed by atoms with Crippen LogP contribution in [0.2, 0.25) is 0 Å². The third-order valence-corrected chi connectivity index (χ3v) is 2.41. The first-order valence-corrected chi connectivity index (χ1v) is 4.65. The third kappa shape index (κ3) is 2.44. The minimum atomic E-state index is -0.223. The Bertz CT molecular complexity index is 230. The van der Waals surface area contributed by atoms with Gasteiger partial charge in [0, 0.05) is 12.0 Å². The van der Waals surface area contributed by atoms with E-state index in [0.717, 1.165) is 6.42 Å². The Hall–Kier alpha value is -1.05. The quantitative estimate of drug-likeness (QED) is 0.492. The number of hydrogen-bond acceptors (Lipinski definition) is 2. The Balaban J connectivity index is 2.63. The molecule has 0 saturated heterocycles. The number of cyclic esters (lactones) is 1. The maximum absolute atomic E-state index is 11.0. The molecule has 0 N–H and O–H groups in total. The van der Waals surface area contributed by atoms with E-state index in [4.69, 9.17) is 4.74 Å². The second kappa shape index (κ2) is 4.26. The third-order valence-electron chi connectivity index (χ3n) is 2.41. The highest BCUT2D eigenvalue weighted by Gasteiger charge is 2.27. The molecule has 0 aromatic carbocycles. The van der Waals surface area contributed by atoms with Gasteiger partial charge >= 0.3 is 5.97 Å². The van der Waals surface area contributed by atoms with E-state index in [0.29, 0.717) is 11.8 Å². The van der Waals surface area contributed by atoms with Crippen LogP contribution in [0.3, 0.4) is 0 Å². The van der Waals surface area contributed by atoms with E-state index in [1.54, 1.807) is 0 Å². The maximum Gasteiger partial charge on any atom is 0.330 e. The predicted molar refractivity (Wildman–Crippen MR) is 52.2 cm³/mol. The normalized spacial score (nSPS) is 29.5. The zero-order chi connectivity index (χ0) is 9.84. The molecule has 72 valence electrons. The fourth-order valence-electron chi connectivity index (χ4n) is 1.65. The number of esters is 1. The van der Waals surface area contributed by atoms with Gasteiger partial charge in [0.05, 0.1) is 0 Å². The van der Waals surface area contributed by atoms with E-state index >= 15 is 0 Å². The molecule has 0 saturated carbocycles. The van der Waals surface area contributed by atoms with Crippen LogP contribution in [-0.4, -0.2) is 12.1 Å². The van der Waals surface area contributed by atoms with E-state index in [9.17, 15) is 4.79 Å². The van der Waals surface area contributed by atoms with Gasteiger partial charge in [-0.2, -0.15) is 0 Å². The van der Waals surface area contributed by atoms with Crippen LogP contribution in [0.5, 0.6) is 0 Å². The smallest absolute Gasteiger partial charge is 0.330 e. The summed E-state index contributed by atoms with van der Waals surface area (Å²) in [6, 6.07) is 0. The Morgan fingerprint density at radius 1 is 1.77 bits per heavy atom. The Kier molecular flexibility index (Phi) is 3.29. The first-order valence-electron chi connectivity index (χ1n) is 4.65. The maximum atomic E-state index is 11.0. The molecule has 2 nitrogen and oxygen atoms in total. The molecule has 1 aliphatic heterocycles. The lowest BCUT2D eigenvalue weighted by molar-refractivity contribution is -0.149. The fraction of sp³-hybridized carbons (Fsp3) is 0.545. The molecule has 1 heterocycles. The van der Waals surface area contributed by atoms with Crippen molar-refractivity contribution in [1.82, 2.24) is 0 Å². The van der Waals surface area contributed by atoms with Crippen molar-refractivity contribution in [2.45, 2.75) is 26.4 Å². The van der Waals surface area contributed by atoms with E-state index in [2.05, 4.69) is 20.4 Å². The van der Waals surface area contributed by atoms with Crippen LogP contribution in [-0.2, 0) is 9.53 Å². The Labute approximate surface area is 79.3 Å². The summed E-state index contributed by atoms with van der Waals surface area (Å²) < 4.78 is 5.24. The van der Waals surface area contributed by atoms with Crippen LogP contribution in [0.4, 0.5) is 0 Å². The number of rotatable bonds is 3. The molecule has 0 unspecified atom stereocenters. The van der Waals surface area contributed by atoms with Crippen LogP contribution in [0.15, 0.2) is 24.8 Å². The van der Waals surface area contributed by atoms with Gasteiger partial charge in [-0.15, -0.1) is 6.58 Å². The Morgan fingerprint density at radius 3 is 3.08 bits per heavy atom. The zero-order valence-electron chi connectivity index (χ0n) is 8.19. The lowest BCUT2D eigenvalue weighted by Gasteiger charge is -2.29. The van der Waals surface area contributed by atoms with Crippen molar-refractivity contribution in [3.8, 4) is 0 Å². The summed E-state index contributed by atoms with van der Waals surface area (Å²) in [6.07, 6.45) is 6.17. The van der Waals surface area contributed by atoms with Gasteiger partial charge in [-0.1, -0.05) is 26.0 Å².